The summed E-state index contributed by atoms with van der Waals surface area (Å²) in [5.74, 6) is 0.258. The van der Waals surface area contributed by atoms with E-state index in [9.17, 15) is 0 Å². The van der Waals surface area contributed by atoms with Gasteiger partial charge in [0.15, 0.2) is 0 Å². The molecule has 0 amide bonds. The van der Waals surface area contributed by atoms with Crippen LogP contribution in [-0.4, -0.2) is 6.21 Å². The first kappa shape index (κ1) is 13.8. The maximum Gasteiger partial charge on any atom is 0.0288 e. The normalized spacial score (nSPS) is 16.8. The number of hydrogen-bond donors (Lipinski definition) is 1. The molecule has 0 bridgehead atoms. The summed E-state index contributed by atoms with van der Waals surface area (Å²) in [4.78, 5) is 0. The topological polar surface area (TPSA) is 23.9 Å². The monoisotopic (exact) mass is 275 g/mol. The molecule has 0 spiro atoms. The number of fused-ring (bicyclic) bond motifs is 1. The summed E-state index contributed by atoms with van der Waals surface area (Å²) in [5.41, 5.74) is 6.34. The van der Waals surface area contributed by atoms with Gasteiger partial charge in [-0.25, -0.2) is 0 Å². The number of nitrogens with one attached hydrogen (secondary N) is 1. The van der Waals surface area contributed by atoms with E-state index in [-0.39, 0.29) is 11.3 Å². The maximum absolute atomic E-state index is 7.78. The zero-order valence-electron chi connectivity index (χ0n) is 12.9. The summed E-state index contributed by atoms with van der Waals surface area (Å²) < 4.78 is 0. The summed E-state index contributed by atoms with van der Waals surface area (Å²) in [5, 5.41) is 7.78. The quantitative estimate of drug-likeness (QED) is 0.734. The molecule has 106 valence electrons. The van der Waals surface area contributed by atoms with Crippen LogP contribution in [0.4, 0.5) is 0 Å². The Morgan fingerprint density at radius 1 is 1.00 bits per heavy atom. The first-order valence-corrected chi connectivity index (χ1v) is 7.43. The lowest BCUT2D eigenvalue weighted by molar-refractivity contribution is 0.581. The van der Waals surface area contributed by atoms with Gasteiger partial charge >= 0.3 is 0 Å². The lowest BCUT2D eigenvalue weighted by Crippen LogP contribution is -2.17. The molecule has 0 aromatic heterocycles. The minimum atomic E-state index is 0.0692. The van der Waals surface area contributed by atoms with Crippen LogP contribution in [0.25, 0.3) is 6.08 Å². The van der Waals surface area contributed by atoms with E-state index in [2.05, 4.69) is 69.3 Å². The third-order valence-corrected chi connectivity index (χ3v) is 4.21. The molecule has 3 rings (SSSR count). The second-order valence-electron chi connectivity index (χ2n) is 6.67. The molecule has 0 heterocycles. The smallest absolute Gasteiger partial charge is 0.0288 e. The molecular formula is C20H21N. The fourth-order valence-corrected chi connectivity index (χ4v) is 3.21. The van der Waals surface area contributed by atoms with E-state index in [1.807, 2.05) is 6.07 Å². The number of rotatable bonds is 2. The summed E-state index contributed by atoms with van der Waals surface area (Å²) in [6.07, 6.45) is 5.95. The van der Waals surface area contributed by atoms with Gasteiger partial charge in [-0.05, 0) is 33.2 Å². The largest absolute Gasteiger partial charge is 0.308 e. The SMILES string of the molecule is CC(C)(C)c1cccc(C=N)c1C1C=Cc2ccccc21. The highest BCUT2D eigenvalue weighted by molar-refractivity contribution is 5.82. The fourth-order valence-electron chi connectivity index (χ4n) is 3.21. The molecule has 1 unspecified atom stereocenters. The van der Waals surface area contributed by atoms with Gasteiger partial charge in [-0.15, -0.1) is 0 Å². The summed E-state index contributed by atoms with van der Waals surface area (Å²) in [6.45, 7) is 6.72. The molecule has 1 aliphatic carbocycles. The van der Waals surface area contributed by atoms with Gasteiger partial charge < -0.3 is 5.41 Å². The van der Waals surface area contributed by atoms with Crippen LogP contribution in [-0.2, 0) is 5.41 Å². The molecule has 2 aromatic rings. The van der Waals surface area contributed by atoms with Crippen molar-refractivity contribution in [1.29, 1.82) is 5.41 Å². The average Bonchev–Trinajstić information content (AvgIpc) is 2.89. The molecular weight excluding hydrogens is 254 g/mol. The van der Waals surface area contributed by atoms with E-state index in [1.54, 1.807) is 0 Å². The standard InChI is InChI=1S/C20H21N/c1-20(2,3)18-10-6-8-15(13-21)19(18)17-12-11-14-7-4-5-9-16(14)17/h4-13,17,21H,1-3H3. The van der Waals surface area contributed by atoms with Gasteiger partial charge in [-0.1, -0.05) is 75.4 Å². The van der Waals surface area contributed by atoms with Gasteiger partial charge in [-0.2, -0.15) is 0 Å². The van der Waals surface area contributed by atoms with Crippen molar-refractivity contribution in [3.8, 4) is 0 Å². The average molecular weight is 275 g/mol. The zero-order valence-corrected chi connectivity index (χ0v) is 12.9. The molecule has 1 N–H and O–H groups in total. The van der Waals surface area contributed by atoms with Gasteiger partial charge in [0.05, 0.1) is 0 Å². The Labute approximate surface area is 126 Å². The maximum atomic E-state index is 7.78. The molecule has 0 saturated carbocycles. The van der Waals surface area contributed by atoms with E-state index in [0.717, 1.165) is 5.56 Å². The minimum Gasteiger partial charge on any atom is -0.308 e. The van der Waals surface area contributed by atoms with Crippen molar-refractivity contribution in [3.63, 3.8) is 0 Å². The van der Waals surface area contributed by atoms with Crippen LogP contribution in [0.5, 0.6) is 0 Å². The lowest BCUT2D eigenvalue weighted by Gasteiger charge is -2.27. The van der Waals surface area contributed by atoms with E-state index >= 15 is 0 Å². The van der Waals surface area contributed by atoms with E-state index < -0.39 is 0 Å². The molecule has 0 saturated heterocycles. The van der Waals surface area contributed by atoms with Gasteiger partial charge in [0.25, 0.3) is 0 Å². The Kier molecular flexibility index (Phi) is 3.29. The van der Waals surface area contributed by atoms with Gasteiger partial charge in [-0.3, -0.25) is 0 Å². The highest BCUT2D eigenvalue weighted by Crippen LogP contribution is 2.41. The molecule has 0 aliphatic heterocycles. The first-order valence-electron chi connectivity index (χ1n) is 7.43. The van der Waals surface area contributed by atoms with Crippen molar-refractivity contribution < 1.29 is 0 Å². The highest BCUT2D eigenvalue weighted by atomic mass is 14.4. The van der Waals surface area contributed by atoms with Crippen molar-refractivity contribution in [2.75, 3.05) is 0 Å². The molecule has 1 heteroatoms. The summed E-state index contributed by atoms with van der Waals surface area (Å²) >= 11 is 0. The molecule has 0 fully saturated rings. The Morgan fingerprint density at radius 3 is 2.48 bits per heavy atom. The third kappa shape index (κ3) is 2.33. The van der Waals surface area contributed by atoms with Crippen LogP contribution in [0, 0.1) is 5.41 Å². The highest BCUT2D eigenvalue weighted by Gasteiger charge is 2.27. The second kappa shape index (κ2) is 5.00. The number of allylic oxidation sites excluding steroid dienone is 1. The lowest BCUT2D eigenvalue weighted by atomic mass is 9.77. The Morgan fingerprint density at radius 2 is 1.76 bits per heavy atom. The summed E-state index contributed by atoms with van der Waals surface area (Å²) in [6, 6.07) is 14.9. The van der Waals surface area contributed by atoms with Crippen molar-refractivity contribution in [2.24, 2.45) is 0 Å². The van der Waals surface area contributed by atoms with Crippen LogP contribution in [0.15, 0.2) is 48.5 Å². The molecule has 1 nitrogen and oxygen atoms in total. The van der Waals surface area contributed by atoms with Crippen molar-refractivity contribution >= 4 is 12.3 Å². The second-order valence-corrected chi connectivity index (χ2v) is 6.67. The van der Waals surface area contributed by atoms with Crippen molar-refractivity contribution in [3.05, 3.63) is 76.4 Å². The van der Waals surface area contributed by atoms with Crippen LogP contribution in [0.2, 0.25) is 0 Å². The third-order valence-electron chi connectivity index (χ3n) is 4.21. The number of hydrogen-bond acceptors (Lipinski definition) is 1. The minimum absolute atomic E-state index is 0.0692. The van der Waals surface area contributed by atoms with Crippen LogP contribution in [0.3, 0.4) is 0 Å². The van der Waals surface area contributed by atoms with Crippen LogP contribution < -0.4 is 0 Å². The van der Waals surface area contributed by atoms with Gasteiger partial charge in [0, 0.05) is 12.1 Å². The van der Waals surface area contributed by atoms with Crippen LogP contribution in [0.1, 0.15) is 54.5 Å². The van der Waals surface area contributed by atoms with Gasteiger partial charge in [0.2, 0.25) is 0 Å². The Hall–Kier alpha value is -2.15. The molecule has 2 aromatic carbocycles. The number of benzene rings is 2. The molecule has 1 atom stereocenters. The Balaban J connectivity index is 2.24. The molecule has 1 aliphatic rings. The van der Waals surface area contributed by atoms with E-state index in [4.69, 9.17) is 5.41 Å². The zero-order chi connectivity index (χ0) is 15.0. The van der Waals surface area contributed by atoms with Crippen LogP contribution >= 0.6 is 0 Å². The Bertz CT molecular complexity index is 717. The van der Waals surface area contributed by atoms with Crippen molar-refractivity contribution in [2.45, 2.75) is 32.1 Å². The molecule has 0 radical (unpaired) electrons. The molecule has 21 heavy (non-hydrogen) atoms. The predicted octanol–water partition coefficient (Wildman–Crippen LogP) is 5.14. The van der Waals surface area contributed by atoms with E-state index in [1.165, 1.54) is 28.5 Å². The summed E-state index contributed by atoms with van der Waals surface area (Å²) in [7, 11) is 0. The van der Waals surface area contributed by atoms with Crippen molar-refractivity contribution in [1.82, 2.24) is 0 Å². The fraction of sp³-hybridized carbons (Fsp3) is 0.250. The first-order chi connectivity index (χ1) is 10.0. The van der Waals surface area contributed by atoms with E-state index in [0.29, 0.717) is 0 Å². The predicted molar refractivity (Wildman–Crippen MR) is 90.3 cm³/mol. The van der Waals surface area contributed by atoms with Gasteiger partial charge in [0.1, 0.15) is 0 Å².